The number of pyridine rings is 1. The number of nitrogens with zero attached hydrogens (tertiary/aromatic N) is 2. The number of rotatable bonds is 4. The van der Waals surface area contributed by atoms with Crippen LogP contribution in [0.4, 0.5) is 10.9 Å². The first-order chi connectivity index (χ1) is 10.3. The smallest absolute Gasteiger partial charge is 0.339 e. The number of esters is 1. The van der Waals surface area contributed by atoms with Gasteiger partial charge in [-0.15, -0.1) is 11.3 Å². The van der Waals surface area contributed by atoms with Gasteiger partial charge in [-0.3, -0.25) is 0 Å². The second-order valence-corrected chi connectivity index (χ2v) is 5.96. The zero-order chi connectivity index (χ0) is 14.7. The van der Waals surface area contributed by atoms with Gasteiger partial charge in [0.25, 0.3) is 0 Å². The third-order valence-electron chi connectivity index (χ3n) is 3.36. The van der Waals surface area contributed by atoms with E-state index in [1.54, 1.807) is 30.4 Å². The SMILES string of the molecule is CCOC(=O)c1ccc(Nc2nc3c(s2)CCCC3)nc1. The first kappa shape index (κ1) is 14.0. The maximum absolute atomic E-state index is 11.6. The van der Waals surface area contributed by atoms with Gasteiger partial charge in [-0.05, 0) is 44.7 Å². The Morgan fingerprint density at radius 2 is 2.24 bits per heavy atom. The lowest BCUT2D eigenvalue weighted by Gasteiger charge is -2.06. The van der Waals surface area contributed by atoms with Gasteiger partial charge in [-0.25, -0.2) is 14.8 Å². The molecule has 3 rings (SSSR count). The molecule has 5 nitrogen and oxygen atoms in total. The summed E-state index contributed by atoms with van der Waals surface area (Å²) in [5, 5.41) is 4.08. The monoisotopic (exact) mass is 303 g/mol. The van der Waals surface area contributed by atoms with E-state index in [-0.39, 0.29) is 5.97 Å². The summed E-state index contributed by atoms with van der Waals surface area (Å²) in [6.07, 6.45) is 6.20. The van der Waals surface area contributed by atoms with Gasteiger partial charge in [0.2, 0.25) is 0 Å². The molecule has 1 aliphatic carbocycles. The lowest BCUT2D eigenvalue weighted by Crippen LogP contribution is -2.05. The summed E-state index contributed by atoms with van der Waals surface area (Å²) in [6, 6.07) is 3.48. The van der Waals surface area contributed by atoms with Crippen molar-refractivity contribution in [3.63, 3.8) is 0 Å². The van der Waals surface area contributed by atoms with Crippen LogP contribution in [0.15, 0.2) is 18.3 Å². The Labute approximate surface area is 127 Å². The van der Waals surface area contributed by atoms with Crippen molar-refractivity contribution in [2.24, 2.45) is 0 Å². The molecule has 110 valence electrons. The van der Waals surface area contributed by atoms with Crippen molar-refractivity contribution in [2.45, 2.75) is 32.6 Å². The van der Waals surface area contributed by atoms with Crippen LogP contribution < -0.4 is 5.32 Å². The van der Waals surface area contributed by atoms with E-state index in [0.29, 0.717) is 18.0 Å². The van der Waals surface area contributed by atoms with Crippen LogP contribution in [0, 0.1) is 0 Å². The van der Waals surface area contributed by atoms with Crippen LogP contribution in [0.2, 0.25) is 0 Å². The van der Waals surface area contributed by atoms with Crippen LogP contribution in [0.25, 0.3) is 0 Å². The molecule has 0 aromatic carbocycles. The maximum atomic E-state index is 11.6. The number of carbonyl (C=O) groups is 1. The molecule has 0 atom stereocenters. The average molecular weight is 303 g/mol. The van der Waals surface area contributed by atoms with Gasteiger partial charge in [0.05, 0.1) is 17.9 Å². The number of hydrogen-bond donors (Lipinski definition) is 1. The molecule has 0 fully saturated rings. The summed E-state index contributed by atoms with van der Waals surface area (Å²) in [7, 11) is 0. The highest BCUT2D eigenvalue weighted by Gasteiger charge is 2.15. The van der Waals surface area contributed by atoms with Gasteiger partial charge >= 0.3 is 5.97 Å². The van der Waals surface area contributed by atoms with E-state index in [9.17, 15) is 4.79 Å². The van der Waals surface area contributed by atoms with E-state index in [0.717, 1.165) is 18.0 Å². The van der Waals surface area contributed by atoms with Crippen molar-refractivity contribution in [2.75, 3.05) is 11.9 Å². The van der Waals surface area contributed by atoms with Crippen LogP contribution in [0.3, 0.4) is 0 Å². The maximum Gasteiger partial charge on any atom is 0.339 e. The van der Waals surface area contributed by atoms with E-state index >= 15 is 0 Å². The molecule has 6 heteroatoms. The van der Waals surface area contributed by atoms with Gasteiger partial charge < -0.3 is 10.1 Å². The van der Waals surface area contributed by atoms with E-state index in [2.05, 4.69) is 15.3 Å². The van der Waals surface area contributed by atoms with Gasteiger partial charge in [0.1, 0.15) is 5.82 Å². The van der Waals surface area contributed by atoms with Gasteiger partial charge in [0, 0.05) is 11.1 Å². The lowest BCUT2D eigenvalue weighted by atomic mass is 10.0. The van der Waals surface area contributed by atoms with E-state index in [1.807, 2.05) is 0 Å². The number of carbonyl (C=O) groups excluding carboxylic acids is 1. The fourth-order valence-corrected chi connectivity index (χ4v) is 3.37. The fraction of sp³-hybridized carbons (Fsp3) is 0.400. The summed E-state index contributed by atoms with van der Waals surface area (Å²) in [6.45, 7) is 2.15. The molecule has 0 saturated carbocycles. The fourth-order valence-electron chi connectivity index (χ4n) is 2.32. The van der Waals surface area contributed by atoms with Gasteiger partial charge in [0.15, 0.2) is 5.13 Å². The Bertz CT molecular complexity index is 613. The molecule has 0 spiro atoms. The first-order valence-corrected chi connectivity index (χ1v) is 7.96. The van der Waals surface area contributed by atoms with Crippen molar-refractivity contribution in [3.05, 3.63) is 34.5 Å². The van der Waals surface area contributed by atoms with E-state index in [1.165, 1.54) is 29.6 Å². The summed E-state index contributed by atoms with van der Waals surface area (Å²) in [5.41, 5.74) is 1.68. The number of aryl methyl sites for hydroxylation is 2. The van der Waals surface area contributed by atoms with Crippen LogP contribution in [-0.2, 0) is 17.6 Å². The lowest BCUT2D eigenvalue weighted by molar-refractivity contribution is 0.0526. The molecule has 0 amide bonds. The number of fused-ring (bicyclic) bond motifs is 1. The Morgan fingerprint density at radius 1 is 1.38 bits per heavy atom. The Kier molecular flexibility index (Phi) is 4.15. The topological polar surface area (TPSA) is 64.1 Å². The Balaban J connectivity index is 1.70. The highest BCUT2D eigenvalue weighted by atomic mass is 32.1. The molecule has 0 saturated heterocycles. The van der Waals surface area contributed by atoms with E-state index < -0.39 is 0 Å². The number of aromatic nitrogens is 2. The van der Waals surface area contributed by atoms with Gasteiger partial charge in [-0.2, -0.15) is 0 Å². The molecule has 0 bridgehead atoms. The van der Waals surface area contributed by atoms with Crippen molar-refractivity contribution in [1.29, 1.82) is 0 Å². The molecule has 0 aliphatic heterocycles. The quantitative estimate of drug-likeness (QED) is 0.878. The summed E-state index contributed by atoms with van der Waals surface area (Å²) in [5.74, 6) is 0.343. The molecular formula is C15H17N3O2S. The Hall–Kier alpha value is -1.95. The minimum atomic E-state index is -0.346. The Morgan fingerprint density at radius 3 is 2.95 bits per heavy atom. The second kappa shape index (κ2) is 6.22. The predicted molar refractivity (Wildman–Crippen MR) is 82.2 cm³/mol. The largest absolute Gasteiger partial charge is 0.462 e. The summed E-state index contributed by atoms with van der Waals surface area (Å²) in [4.78, 5) is 21.8. The molecule has 1 N–H and O–H groups in total. The number of anilines is 2. The molecule has 0 unspecified atom stereocenters. The predicted octanol–water partition coefficient (Wildman–Crippen LogP) is 3.34. The number of thiazole rings is 1. The van der Waals surface area contributed by atoms with Crippen molar-refractivity contribution < 1.29 is 9.53 Å². The number of hydrogen-bond acceptors (Lipinski definition) is 6. The van der Waals surface area contributed by atoms with Crippen molar-refractivity contribution in [1.82, 2.24) is 9.97 Å². The minimum Gasteiger partial charge on any atom is -0.462 e. The van der Waals surface area contributed by atoms with Crippen LogP contribution in [-0.4, -0.2) is 22.5 Å². The number of ether oxygens (including phenoxy) is 1. The highest BCUT2D eigenvalue weighted by Crippen LogP contribution is 2.30. The molecule has 1 aliphatic rings. The van der Waals surface area contributed by atoms with Crippen LogP contribution in [0.1, 0.15) is 40.7 Å². The van der Waals surface area contributed by atoms with Crippen LogP contribution >= 0.6 is 11.3 Å². The van der Waals surface area contributed by atoms with Crippen molar-refractivity contribution in [3.8, 4) is 0 Å². The third-order valence-corrected chi connectivity index (χ3v) is 4.43. The molecular weight excluding hydrogens is 286 g/mol. The van der Waals surface area contributed by atoms with E-state index in [4.69, 9.17) is 4.74 Å². The summed E-state index contributed by atoms with van der Waals surface area (Å²) >= 11 is 1.69. The minimum absolute atomic E-state index is 0.346. The normalized spacial score (nSPS) is 13.6. The first-order valence-electron chi connectivity index (χ1n) is 7.15. The summed E-state index contributed by atoms with van der Waals surface area (Å²) < 4.78 is 4.93. The number of nitrogens with one attached hydrogen (secondary N) is 1. The standard InChI is InChI=1S/C15H17N3O2S/c1-2-20-14(19)10-7-8-13(16-9-10)18-15-17-11-5-3-4-6-12(11)21-15/h7-9H,2-6H2,1H3,(H,16,17,18). The zero-order valence-electron chi connectivity index (χ0n) is 11.9. The average Bonchev–Trinajstić information content (AvgIpc) is 2.90. The molecule has 0 radical (unpaired) electrons. The second-order valence-electron chi connectivity index (χ2n) is 4.87. The van der Waals surface area contributed by atoms with Crippen molar-refractivity contribution >= 4 is 28.3 Å². The molecule has 2 heterocycles. The zero-order valence-corrected chi connectivity index (χ0v) is 12.7. The molecule has 2 aromatic rings. The highest BCUT2D eigenvalue weighted by molar-refractivity contribution is 7.15. The molecule has 21 heavy (non-hydrogen) atoms. The van der Waals surface area contributed by atoms with Gasteiger partial charge in [-0.1, -0.05) is 0 Å². The third kappa shape index (κ3) is 3.21. The molecule has 2 aromatic heterocycles. The van der Waals surface area contributed by atoms with Crippen LogP contribution in [0.5, 0.6) is 0 Å².